The van der Waals surface area contributed by atoms with E-state index in [-0.39, 0.29) is 17.9 Å². The molecule has 0 aromatic heterocycles. The maximum atomic E-state index is 12.2. The van der Waals surface area contributed by atoms with Gasteiger partial charge >= 0.3 is 0 Å². The fourth-order valence-electron chi connectivity index (χ4n) is 3.04. The van der Waals surface area contributed by atoms with E-state index in [1.54, 1.807) is 0 Å². The number of carbonyl (C=O) groups is 1. The molecule has 0 aliphatic carbocycles. The van der Waals surface area contributed by atoms with Gasteiger partial charge in [0, 0.05) is 31.7 Å². The average Bonchev–Trinajstić information content (AvgIpc) is 2.61. The summed E-state index contributed by atoms with van der Waals surface area (Å²) in [5.41, 5.74) is 1.25. The first kappa shape index (κ1) is 13.6. The van der Waals surface area contributed by atoms with Gasteiger partial charge in [-0.2, -0.15) is 0 Å². The third kappa shape index (κ3) is 3.02. The van der Waals surface area contributed by atoms with Crippen molar-refractivity contribution in [2.24, 2.45) is 5.41 Å². The zero-order valence-corrected chi connectivity index (χ0v) is 11.7. The maximum absolute atomic E-state index is 12.2. The fourth-order valence-corrected chi connectivity index (χ4v) is 3.04. The van der Waals surface area contributed by atoms with E-state index in [0.717, 1.165) is 32.6 Å². The van der Waals surface area contributed by atoms with Crippen molar-refractivity contribution < 1.29 is 14.3 Å². The van der Waals surface area contributed by atoms with Crippen LogP contribution in [0.1, 0.15) is 18.4 Å². The molecule has 108 valence electrons. The van der Waals surface area contributed by atoms with Gasteiger partial charge in [0.1, 0.15) is 6.61 Å². The molecule has 2 fully saturated rings. The topological polar surface area (TPSA) is 38.8 Å². The number of amides is 1. The van der Waals surface area contributed by atoms with Crippen LogP contribution in [0.25, 0.3) is 0 Å². The molecule has 0 radical (unpaired) electrons. The second-order valence-electron chi connectivity index (χ2n) is 5.84. The number of ether oxygens (including phenoxy) is 2. The van der Waals surface area contributed by atoms with Crippen molar-refractivity contribution in [3.05, 3.63) is 35.9 Å². The first-order valence-corrected chi connectivity index (χ1v) is 7.25. The van der Waals surface area contributed by atoms with Crippen molar-refractivity contribution in [3.63, 3.8) is 0 Å². The first-order chi connectivity index (χ1) is 9.77. The van der Waals surface area contributed by atoms with Gasteiger partial charge in [0.15, 0.2) is 0 Å². The molecular formula is C16H21NO3. The molecule has 2 aliphatic heterocycles. The van der Waals surface area contributed by atoms with Gasteiger partial charge in [-0.15, -0.1) is 0 Å². The van der Waals surface area contributed by atoms with Gasteiger partial charge in [-0.1, -0.05) is 30.3 Å². The van der Waals surface area contributed by atoms with E-state index in [9.17, 15) is 4.79 Å². The quantitative estimate of drug-likeness (QED) is 0.826. The zero-order chi connectivity index (χ0) is 13.8. The maximum Gasteiger partial charge on any atom is 0.248 e. The molecule has 0 unspecified atom stereocenters. The highest BCUT2D eigenvalue weighted by atomic mass is 16.5. The van der Waals surface area contributed by atoms with E-state index in [1.807, 2.05) is 23.1 Å². The minimum Gasteiger partial charge on any atom is -0.381 e. The summed E-state index contributed by atoms with van der Waals surface area (Å²) in [6, 6.07) is 10.2. The fraction of sp³-hybridized carbons (Fsp3) is 0.562. The summed E-state index contributed by atoms with van der Waals surface area (Å²) in [5.74, 6) is 0.0946. The summed E-state index contributed by atoms with van der Waals surface area (Å²) in [5, 5.41) is 0. The van der Waals surface area contributed by atoms with Crippen LogP contribution < -0.4 is 0 Å². The Balaban J connectivity index is 1.75. The van der Waals surface area contributed by atoms with Gasteiger partial charge in [-0.25, -0.2) is 0 Å². The Hall–Kier alpha value is -1.39. The standard InChI is InChI=1S/C16H21NO3/c18-15-11-20-13-16(6-8-19-9-7-16)12-17(15)10-14-4-2-1-3-5-14/h1-5H,6-13H2. The Morgan fingerprint density at radius 2 is 1.85 bits per heavy atom. The largest absolute Gasteiger partial charge is 0.381 e. The van der Waals surface area contributed by atoms with Crippen LogP contribution in [-0.2, 0) is 20.8 Å². The Labute approximate surface area is 119 Å². The molecule has 4 nitrogen and oxygen atoms in total. The molecule has 4 heteroatoms. The van der Waals surface area contributed by atoms with Crippen LogP contribution in [-0.4, -0.2) is 43.8 Å². The molecular weight excluding hydrogens is 254 g/mol. The summed E-state index contributed by atoms with van der Waals surface area (Å²) in [7, 11) is 0. The van der Waals surface area contributed by atoms with E-state index >= 15 is 0 Å². The van der Waals surface area contributed by atoms with E-state index in [4.69, 9.17) is 9.47 Å². The molecule has 1 spiro atoms. The van der Waals surface area contributed by atoms with Gasteiger partial charge in [0.25, 0.3) is 0 Å². The van der Waals surface area contributed by atoms with Crippen LogP contribution >= 0.6 is 0 Å². The number of hydrogen-bond donors (Lipinski definition) is 0. The van der Waals surface area contributed by atoms with Crippen LogP contribution in [0, 0.1) is 5.41 Å². The minimum atomic E-state index is 0.0825. The second kappa shape index (κ2) is 5.94. The molecule has 2 aliphatic rings. The van der Waals surface area contributed by atoms with Crippen LogP contribution in [0.5, 0.6) is 0 Å². The number of benzene rings is 1. The zero-order valence-electron chi connectivity index (χ0n) is 11.7. The van der Waals surface area contributed by atoms with E-state index in [0.29, 0.717) is 13.2 Å². The van der Waals surface area contributed by atoms with Crippen LogP contribution in [0.2, 0.25) is 0 Å². The first-order valence-electron chi connectivity index (χ1n) is 7.25. The lowest BCUT2D eigenvalue weighted by atomic mass is 9.80. The number of carbonyl (C=O) groups excluding carboxylic acids is 1. The smallest absolute Gasteiger partial charge is 0.248 e. The normalized spacial score (nSPS) is 22.8. The van der Waals surface area contributed by atoms with Gasteiger partial charge in [-0.05, 0) is 18.4 Å². The Morgan fingerprint density at radius 1 is 1.10 bits per heavy atom. The SMILES string of the molecule is O=C1COCC2(CCOCC2)CN1Cc1ccccc1. The highest BCUT2D eigenvalue weighted by Gasteiger charge is 2.38. The molecule has 0 saturated carbocycles. The molecule has 1 amide bonds. The molecule has 20 heavy (non-hydrogen) atoms. The third-order valence-electron chi connectivity index (χ3n) is 4.28. The van der Waals surface area contributed by atoms with Crippen LogP contribution in [0.3, 0.4) is 0 Å². The highest BCUT2D eigenvalue weighted by Crippen LogP contribution is 2.34. The summed E-state index contributed by atoms with van der Waals surface area (Å²) < 4.78 is 11.1. The molecule has 0 atom stereocenters. The lowest BCUT2D eigenvalue weighted by molar-refractivity contribution is -0.134. The van der Waals surface area contributed by atoms with Gasteiger partial charge in [-0.3, -0.25) is 4.79 Å². The van der Waals surface area contributed by atoms with E-state index in [2.05, 4.69) is 12.1 Å². The van der Waals surface area contributed by atoms with Crippen molar-refractivity contribution in [2.45, 2.75) is 19.4 Å². The van der Waals surface area contributed by atoms with Crippen LogP contribution in [0.15, 0.2) is 30.3 Å². The summed E-state index contributed by atoms with van der Waals surface area (Å²) in [6.45, 7) is 3.88. The predicted molar refractivity (Wildman–Crippen MR) is 75.2 cm³/mol. The average molecular weight is 275 g/mol. The number of rotatable bonds is 2. The summed E-state index contributed by atoms with van der Waals surface area (Å²) in [6.07, 6.45) is 1.96. The molecule has 2 heterocycles. The Kier molecular flexibility index (Phi) is 4.03. The summed E-state index contributed by atoms with van der Waals surface area (Å²) in [4.78, 5) is 14.2. The van der Waals surface area contributed by atoms with Gasteiger partial charge in [0.2, 0.25) is 5.91 Å². The molecule has 3 rings (SSSR count). The Bertz CT molecular complexity index is 454. The van der Waals surface area contributed by atoms with Gasteiger partial charge in [0.05, 0.1) is 6.61 Å². The van der Waals surface area contributed by atoms with Crippen molar-refractivity contribution in [2.75, 3.05) is 33.0 Å². The number of nitrogens with zero attached hydrogens (tertiary/aromatic N) is 1. The third-order valence-corrected chi connectivity index (χ3v) is 4.28. The minimum absolute atomic E-state index is 0.0825. The molecule has 0 N–H and O–H groups in total. The predicted octanol–water partition coefficient (Wildman–Crippen LogP) is 1.84. The summed E-state index contributed by atoms with van der Waals surface area (Å²) >= 11 is 0. The van der Waals surface area contributed by atoms with Crippen molar-refractivity contribution in [1.29, 1.82) is 0 Å². The van der Waals surface area contributed by atoms with E-state index in [1.165, 1.54) is 5.56 Å². The van der Waals surface area contributed by atoms with Crippen molar-refractivity contribution >= 4 is 5.91 Å². The lowest BCUT2D eigenvalue weighted by Gasteiger charge is -2.38. The lowest BCUT2D eigenvalue weighted by Crippen LogP contribution is -2.43. The Morgan fingerprint density at radius 3 is 2.60 bits per heavy atom. The van der Waals surface area contributed by atoms with Crippen molar-refractivity contribution in [1.82, 2.24) is 4.90 Å². The molecule has 0 bridgehead atoms. The number of hydrogen-bond acceptors (Lipinski definition) is 3. The van der Waals surface area contributed by atoms with E-state index < -0.39 is 0 Å². The molecule has 1 aromatic carbocycles. The van der Waals surface area contributed by atoms with Crippen LogP contribution in [0.4, 0.5) is 0 Å². The molecule has 1 aromatic rings. The highest BCUT2D eigenvalue weighted by molar-refractivity contribution is 5.77. The monoisotopic (exact) mass is 275 g/mol. The van der Waals surface area contributed by atoms with Crippen molar-refractivity contribution in [3.8, 4) is 0 Å². The second-order valence-corrected chi connectivity index (χ2v) is 5.84. The molecule has 2 saturated heterocycles. The van der Waals surface area contributed by atoms with Gasteiger partial charge < -0.3 is 14.4 Å².